The van der Waals surface area contributed by atoms with Crippen molar-refractivity contribution in [2.24, 2.45) is 5.73 Å². The highest BCUT2D eigenvalue weighted by atomic mass is 32.2. The number of carbonyl (C=O) groups excluding carboxylic acids is 2. The van der Waals surface area contributed by atoms with E-state index in [1.807, 2.05) is 48.5 Å². The molecule has 2 aromatic rings. The Bertz CT molecular complexity index is 719. The Labute approximate surface area is 146 Å². The molecule has 0 spiro atoms. The number of anilines is 2. The van der Waals surface area contributed by atoms with Gasteiger partial charge in [0.25, 0.3) is 0 Å². The standard InChI is InChI=1S/C18H21N3O2S/c1-2-13-6-5-7-14(10-13)21-18(23)11-20-15-8-3-4-9-16(15)24-12-17(19)22/h3-10,20H,2,11-12H2,1H3,(H2,19,22)(H,21,23). The number of benzene rings is 2. The minimum absolute atomic E-state index is 0.127. The van der Waals surface area contributed by atoms with Crippen LogP contribution in [0.3, 0.4) is 0 Å². The molecule has 0 heterocycles. The number of para-hydroxylation sites is 1. The number of hydrogen-bond acceptors (Lipinski definition) is 4. The van der Waals surface area contributed by atoms with E-state index in [1.54, 1.807) is 0 Å². The Balaban J connectivity index is 1.92. The van der Waals surface area contributed by atoms with Gasteiger partial charge in [0, 0.05) is 16.3 Å². The van der Waals surface area contributed by atoms with Crippen molar-refractivity contribution in [3.05, 3.63) is 54.1 Å². The molecule has 0 unspecified atom stereocenters. The summed E-state index contributed by atoms with van der Waals surface area (Å²) in [5.41, 5.74) is 7.95. The average molecular weight is 343 g/mol. The van der Waals surface area contributed by atoms with Crippen LogP contribution in [0.1, 0.15) is 12.5 Å². The van der Waals surface area contributed by atoms with Crippen molar-refractivity contribution in [3.8, 4) is 0 Å². The first kappa shape index (κ1) is 17.9. The zero-order valence-electron chi connectivity index (χ0n) is 13.5. The fraction of sp³-hybridized carbons (Fsp3) is 0.222. The summed E-state index contributed by atoms with van der Waals surface area (Å²) in [4.78, 5) is 23.9. The predicted octanol–water partition coefficient (Wildman–Crippen LogP) is 2.88. The molecule has 0 fully saturated rings. The van der Waals surface area contributed by atoms with Gasteiger partial charge in [-0.05, 0) is 36.2 Å². The minimum atomic E-state index is -0.372. The van der Waals surface area contributed by atoms with Crippen LogP contribution in [0.15, 0.2) is 53.4 Å². The first-order valence-corrected chi connectivity index (χ1v) is 8.70. The number of primary amides is 1. The average Bonchev–Trinajstić information content (AvgIpc) is 2.59. The second kappa shape index (κ2) is 8.98. The molecular formula is C18H21N3O2S. The van der Waals surface area contributed by atoms with Crippen LogP contribution >= 0.6 is 11.8 Å². The summed E-state index contributed by atoms with van der Waals surface area (Å²) in [6.07, 6.45) is 0.923. The number of rotatable bonds is 8. The quantitative estimate of drug-likeness (QED) is 0.644. The number of carbonyl (C=O) groups is 2. The van der Waals surface area contributed by atoms with Crippen LogP contribution in [0.25, 0.3) is 0 Å². The fourth-order valence-corrected chi connectivity index (χ4v) is 2.91. The first-order chi connectivity index (χ1) is 11.6. The molecule has 0 aromatic heterocycles. The second-order valence-electron chi connectivity index (χ2n) is 5.21. The highest BCUT2D eigenvalue weighted by Gasteiger charge is 2.07. The Morgan fingerprint density at radius 1 is 1.12 bits per heavy atom. The van der Waals surface area contributed by atoms with Gasteiger partial charge in [0.15, 0.2) is 0 Å². The molecule has 0 aliphatic rings. The number of thioether (sulfide) groups is 1. The lowest BCUT2D eigenvalue weighted by atomic mass is 10.1. The summed E-state index contributed by atoms with van der Waals surface area (Å²) < 4.78 is 0. The Kier molecular flexibility index (Phi) is 6.69. The molecule has 5 nitrogen and oxygen atoms in total. The molecule has 0 atom stereocenters. The summed E-state index contributed by atoms with van der Waals surface area (Å²) in [6, 6.07) is 15.3. The molecule has 6 heteroatoms. The van der Waals surface area contributed by atoms with Gasteiger partial charge >= 0.3 is 0 Å². The maximum absolute atomic E-state index is 12.1. The lowest BCUT2D eigenvalue weighted by Crippen LogP contribution is -2.22. The van der Waals surface area contributed by atoms with E-state index in [0.29, 0.717) is 0 Å². The molecule has 0 aliphatic carbocycles. The lowest BCUT2D eigenvalue weighted by Gasteiger charge is -2.12. The maximum Gasteiger partial charge on any atom is 0.243 e. The highest BCUT2D eigenvalue weighted by molar-refractivity contribution is 8.00. The number of amides is 2. The van der Waals surface area contributed by atoms with Gasteiger partial charge in [-0.3, -0.25) is 9.59 Å². The monoisotopic (exact) mass is 343 g/mol. The summed E-state index contributed by atoms with van der Waals surface area (Å²) in [7, 11) is 0. The Morgan fingerprint density at radius 2 is 1.92 bits per heavy atom. The van der Waals surface area contributed by atoms with Crippen LogP contribution in [0.4, 0.5) is 11.4 Å². The molecular weight excluding hydrogens is 322 g/mol. The van der Waals surface area contributed by atoms with E-state index in [-0.39, 0.29) is 24.1 Å². The number of nitrogens with one attached hydrogen (secondary N) is 2. The van der Waals surface area contributed by atoms with Gasteiger partial charge < -0.3 is 16.4 Å². The highest BCUT2D eigenvalue weighted by Crippen LogP contribution is 2.26. The molecule has 24 heavy (non-hydrogen) atoms. The van der Waals surface area contributed by atoms with Crippen molar-refractivity contribution in [1.82, 2.24) is 0 Å². The summed E-state index contributed by atoms with van der Waals surface area (Å²) in [5, 5.41) is 5.97. The first-order valence-electron chi connectivity index (χ1n) is 7.71. The minimum Gasteiger partial charge on any atom is -0.375 e. The van der Waals surface area contributed by atoms with Crippen molar-refractivity contribution < 1.29 is 9.59 Å². The van der Waals surface area contributed by atoms with E-state index < -0.39 is 0 Å². The Hall–Kier alpha value is -2.47. The van der Waals surface area contributed by atoms with Crippen molar-refractivity contribution in [1.29, 1.82) is 0 Å². The van der Waals surface area contributed by atoms with Gasteiger partial charge in [-0.15, -0.1) is 11.8 Å². The summed E-state index contributed by atoms with van der Waals surface area (Å²) in [6.45, 7) is 2.22. The lowest BCUT2D eigenvalue weighted by molar-refractivity contribution is -0.116. The molecule has 126 valence electrons. The number of hydrogen-bond donors (Lipinski definition) is 3. The van der Waals surface area contributed by atoms with E-state index in [1.165, 1.54) is 17.3 Å². The number of aryl methyl sites for hydroxylation is 1. The van der Waals surface area contributed by atoms with Crippen LogP contribution in [-0.2, 0) is 16.0 Å². The van der Waals surface area contributed by atoms with Gasteiger partial charge in [-0.1, -0.05) is 31.2 Å². The third kappa shape index (κ3) is 5.62. The normalized spacial score (nSPS) is 10.2. The Morgan fingerprint density at radius 3 is 2.67 bits per heavy atom. The third-order valence-electron chi connectivity index (χ3n) is 3.32. The molecule has 2 amide bonds. The van der Waals surface area contributed by atoms with E-state index in [9.17, 15) is 9.59 Å². The molecule has 2 rings (SSSR count). The predicted molar refractivity (Wildman–Crippen MR) is 99.3 cm³/mol. The molecule has 2 aromatic carbocycles. The zero-order valence-corrected chi connectivity index (χ0v) is 14.4. The molecule has 0 aliphatic heterocycles. The molecule has 4 N–H and O–H groups in total. The largest absolute Gasteiger partial charge is 0.375 e. The van der Waals surface area contributed by atoms with Gasteiger partial charge in [0.1, 0.15) is 0 Å². The molecule has 0 radical (unpaired) electrons. The van der Waals surface area contributed by atoms with Gasteiger partial charge in [0.05, 0.1) is 12.3 Å². The van der Waals surface area contributed by atoms with Crippen molar-refractivity contribution in [3.63, 3.8) is 0 Å². The summed E-state index contributed by atoms with van der Waals surface area (Å²) >= 11 is 1.35. The van der Waals surface area contributed by atoms with Crippen molar-refractivity contribution in [2.45, 2.75) is 18.2 Å². The van der Waals surface area contributed by atoms with Gasteiger partial charge in [0.2, 0.25) is 11.8 Å². The van der Waals surface area contributed by atoms with Crippen molar-refractivity contribution >= 4 is 35.0 Å². The third-order valence-corrected chi connectivity index (χ3v) is 4.41. The summed E-state index contributed by atoms with van der Waals surface area (Å²) in [5.74, 6) is -0.296. The molecule has 0 saturated heterocycles. The van der Waals surface area contributed by atoms with Gasteiger partial charge in [-0.2, -0.15) is 0 Å². The van der Waals surface area contributed by atoms with Gasteiger partial charge in [-0.25, -0.2) is 0 Å². The van der Waals surface area contributed by atoms with E-state index in [4.69, 9.17) is 5.73 Å². The van der Waals surface area contributed by atoms with Crippen LogP contribution < -0.4 is 16.4 Å². The van der Waals surface area contributed by atoms with Crippen molar-refractivity contribution in [2.75, 3.05) is 22.9 Å². The van der Waals surface area contributed by atoms with Crippen LogP contribution in [0, 0.1) is 0 Å². The van der Waals surface area contributed by atoms with Crippen LogP contribution in [0.2, 0.25) is 0 Å². The smallest absolute Gasteiger partial charge is 0.243 e. The van der Waals surface area contributed by atoms with Crippen LogP contribution in [-0.4, -0.2) is 24.1 Å². The van der Waals surface area contributed by atoms with Crippen LogP contribution in [0.5, 0.6) is 0 Å². The van der Waals surface area contributed by atoms with E-state index >= 15 is 0 Å². The van der Waals surface area contributed by atoms with E-state index in [2.05, 4.69) is 17.6 Å². The van der Waals surface area contributed by atoms with E-state index in [0.717, 1.165) is 22.7 Å². The molecule has 0 saturated carbocycles. The second-order valence-corrected chi connectivity index (χ2v) is 6.22. The molecule has 0 bridgehead atoms. The SMILES string of the molecule is CCc1cccc(NC(=O)CNc2ccccc2SCC(N)=O)c1. The topological polar surface area (TPSA) is 84.2 Å². The zero-order chi connectivity index (χ0) is 17.4. The number of nitrogens with two attached hydrogens (primary N) is 1. The maximum atomic E-state index is 12.1. The fourth-order valence-electron chi connectivity index (χ4n) is 2.14.